The summed E-state index contributed by atoms with van der Waals surface area (Å²) in [5.41, 5.74) is 6.30. The highest BCUT2D eigenvalue weighted by molar-refractivity contribution is 5.89. The molecule has 2 aromatic carbocycles. The standard InChI is InChI=1S/C44H51N9O6/c1-23(2)37(50-43(56)58-5)41(54)52-25(4)7-17-35(52)39-45-21-33(48-39)27-10-8-26(9-11-27)28-12-15-31-29(20-28)13-16-32(47-31)34-22-46-40(49-34)36-18-14-30-19-24(3)38(42(55)53(30)36)51-44(57)59-6/h8-13,15-16,20-25,30,35-38H,7,14,17-19H2,1-6H3,(H,45,48)(H,46,49)(H,50,56)(H,51,57)/t24?,25-,30+,35-,36-,37-,38-/m0/s1. The van der Waals surface area contributed by atoms with Gasteiger partial charge in [0.05, 0.1) is 61.3 Å². The lowest BCUT2D eigenvalue weighted by Gasteiger charge is -2.41. The molecule has 3 aliphatic heterocycles. The molecule has 1 unspecified atom stereocenters. The molecule has 0 spiro atoms. The van der Waals surface area contributed by atoms with Crippen molar-refractivity contribution >= 4 is 34.9 Å². The molecular formula is C44H51N9O6. The number of fused-ring (bicyclic) bond motifs is 2. The van der Waals surface area contributed by atoms with E-state index in [2.05, 4.69) is 63.1 Å². The molecule has 3 aliphatic rings. The number of alkyl carbamates (subject to hydrolysis) is 2. The summed E-state index contributed by atoms with van der Waals surface area (Å²) in [7, 11) is 2.59. The predicted octanol–water partition coefficient (Wildman–Crippen LogP) is 6.91. The first kappa shape index (κ1) is 39.6. The lowest BCUT2D eigenvalue weighted by Crippen LogP contribution is -2.58. The zero-order valence-corrected chi connectivity index (χ0v) is 34.2. The Balaban J connectivity index is 0.949. The maximum atomic E-state index is 13.8. The molecule has 0 radical (unpaired) electrons. The van der Waals surface area contributed by atoms with E-state index in [9.17, 15) is 19.2 Å². The molecule has 15 nitrogen and oxygen atoms in total. The number of ether oxygens (including phenoxy) is 2. The summed E-state index contributed by atoms with van der Waals surface area (Å²) in [6.07, 6.45) is 6.42. The number of amides is 4. The van der Waals surface area contributed by atoms with Crippen molar-refractivity contribution in [2.45, 2.75) is 96.1 Å². The Kier molecular flexibility index (Phi) is 10.9. The lowest BCUT2D eigenvalue weighted by molar-refractivity contribution is -0.142. The molecule has 3 aromatic heterocycles. The fourth-order valence-corrected chi connectivity index (χ4v) is 9.15. The Morgan fingerprint density at radius 2 is 1.46 bits per heavy atom. The summed E-state index contributed by atoms with van der Waals surface area (Å²) in [5, 5.41) is 6.44. The number of aromatic nitrogens is 5. The Hall–Kier alpha value is -6.25. The van der Waals surface area contributed by atoms with Crippen LogP contribution in [0.5, 0.6) is 0 Å². The van der Waals surface area contributed by atoms with Gasteiger partial charge in [-0.2, -0.15) is 0 Å². The van der Waals surface area contributed by atoms with Crippen LogP contribution >= 0.6 is 0 Å². The number of methoxy groups -OCH3 is 2. The van der Waals surface area contributed by atoms with Gasteiger partial charge >= 0.3 is 12.2 Å². The van der Waals surface area contributed by atoms with Crippen molar-refractivity contribution in [2.75, 3.05) is 14.2 Å². The average Bonchev–Trinajstić information content (AvgIpc) is 4.07. The first-order chi connectivity index (χ1) is 28.4. The number of hydrogen-bond acceptors (Lipinski definition) is 9. The number of H-pyrrole nitrogens is 2. The highest BCUT2D eigenvalue weighted by Crippen LogP contribution is 2.42. The minimum atomic E-state index is -0.706. The number of carbonyl (C=O) groups excluding carboxylic acids is 4. The number of aromatic amines is 2. The van der Waals surface area contributed by atoms with Gasteiger partial charge in [-0.05, 0) is 85.8 Å². The molecule has 15 heteroatoms. The Morgan fingerprint density at radius 1 is 0.797 bits per heavy atom. The first-order valence-corrected chi connectivity index (χ1v) is 20.4. The van der Waals surface area contributed by atoms with E-state index in [0.29, 0.717) is 5.82 Å². The highest BCUT2D eigenvalue weighted by atomic mass is 16.5. The zero-order chi connectivity index (χ0) is 41.5. The van der Waals surface area contributed by atoms with Crippen LogP contribution in [0.25, 0.3) is 44.7 Å². The van der Waals surface area contributed by atoms with E-state index in [1.54, 1.807) is 6.20 Å². The van der Waals surface area contributed by atoms with Gasteiger partial charge in [-0.25, -0.2) is 24.5 Å². The third-order valence-electron chi connectivity index (χ3n) is 12.3. The van der Waals surface area contributed by atoms with Crippen molar-refractivity contribution in [3.63, 3.8) is 0 Å². The number of nitrogens with one attached hydrogen (secondary N) is 4. The Morgan fingerprint density at radius 3 is 2.19 bits per heavy atom. The predicted molar refractivity (Wildman–Crippen MR) is 221 cm³/mol. The summed E-state index contributed by atoms with van der Waals surface area (Å²) < 4.78 is 9.57. The van der Waals surface area contributed by atoms with Crippen LogP contribution in [-0.4, -0.2) is 97.1 Å². The quantitative estimate of drug-likeness (QED) is 0.123. The maximum absolute atomic E-state index is 13.8. The Labute approximate surface area is 342 Å². The molecule has 308 valence electrons. The fourth-order valence-electron chi connectivity index (χ4n) is 9.15. The summed E-state index contributed by atoms with van der Waals surface area (Å²) in [6.45, 7) is 7.83. The largest absolute Gasteiger partial charge is 0.453 e. The molecule has 59 heavy (non-hydrogen) atoms. The molecule has 5 aromatic rings. The number of nitrogens with zero attached hydrogens (tertiary/aromatic N) is 5. The number of rotatable bonds is 9. The van der Waals surface area contributed by atoms with Crippen molar-refractivity contribution in [1.82, 2.24) is 45.4 Å². The van der Waals surface area contributed by atoms with Crippen molar-refractivity contribution in [2.24, 2.45) is 11.8 Å². The van der Waals surface area contributed by atoms with Gasteiger partial charge < -0.3 is 39.9 Å². The van der Waals surface area contributed by atoms with E-state index in [1.165, 1.54) is 14.2 Å². The normalized spacial score (nSPS) is 23.3. The van der Waals surface area contributed by atoms with E-state index in [0.717, 1.165) is 82.6 Å². The minimum absolute atomic E-state index is 0.00114. The monoisotopic (exact) mass is 801 g/mol. The second kappa shape index (κ2) is 16.2. The third-order valence-corrected chi connectivity index (χ3v) is 12.3. The van der Waals surface area contributed by atoms with E-state index in [1.807, 2.05) is 55.8 Å². The van der Waals surface area contributed by atoms with E-state index in [-0.39, 0.29) is 47.8 Å². The van der Waals surface area contributed by atoms with Crippen LogP contribution < -0.4 is 10.6 Å². The van der Waals surface area contributed by atoms with Gasteiger partial charge in [-0.1, -0.05) is 57.2 Å². The topological polar surface area (TPSA) is 188 Å². The van der Waals surface area contributed by atoms with Gasteiger partial charge in [-0.3, -0.25) is 9.59 Å². The van der Waals surface area contributed by atoms with Crippen molar-refractivity contribution in [3.8, 4) is 33.8 Å². The van der Waals surface area contributed by atoms with Crippen LogP contribution in [0.2, 0.25) is 0 Å². The number of hydrogen-bond donors (Lipinski definition) is 4. The number of likely N-dealkylation sites (tertiary alicyclic amines) is 1. The number of benzene rings is 2. The van der Waals surface area contributed by atoms with Crippen LogP contribution in [0.1, 0.15) is 83.5 Å². The molecule has 0 bridgehead atoms. The average molecular weight is 802 g/mol. The SMILES string of the molecule is COC(=O)N[C@H](C(=O)N1[C@@H](C)CC[C@H]1c1ncc(-c2ccc(-c3ccc4nc(-c5cnc([C@@H]6CC[C@@H]7CC(C)[C@H](NC(=O)OC)C(=O)N76)[nH]5)ccc4c3)cc2)[nH]1)C(C)C. The lowest BCUT2D eigenvalue weighted by atomic mass is 9.88. The second-order valence-corrected chi connectivity index (χ2v) is 16.4. The van der Waals surface area contributed by atoms with Crippen LogP contribution in [0.3, 0.4) is 0 Å². The summed E-state index contributed by atoms with van der Waals surface area (Å²) in [6, 6.07) is 16.8. The molecule has 3 saturated heterocycles. The van der Waals surface area contributed by atoms with E-state index < -0.39 is 24.3 Å². The highest BCUT2D eigenvalue weighted by Gasteiger charge is 2.48. The van der Waals surface area contributed by atoms with Gasteiger partial charge in [0.25, 0.3) is 0 Å². The molecule has 3 fully saturated rings. The number of carbonyl (C=O) groups is 4. The molecule has 6 heterocycles. The van der Waals surface area contributed by atoms with Gasteiger partial charge in [0.2, 0.25) is 11.8 Å². The summed E-state index contributed by atoms with van der Waals surface area (Å²) >= 11 is 0. The third kappa shape index (κ3) is 7.61. The van der Waals surface area contributed by atoms with Crippen LogP contribution in [0.4, 0.5) is 9.59 Å². The van der Waals surface area contributed by atoms with Crippen molar-refractivity contribution in [3.05, 3.63) is 78.6 Å². The van der Waals surface area contributed by atoms with Gasteiger partial charge in [-0.15, -0.1) is 0 Å². The minimum Gasteiger partial charge on any atom is -0.453 e. The van der Waals surface area contributed by atoms with E-state index >= 15 is 0 Å². The second-order valence-electron chi connectivity index (χ2n) is 16.4. The summed E-state index contributed by atoms with van der Waals surface area (Å²) in [5.74, 6) is 1.07. The van der Waals surface area contributed by atoms with Gasteiger partial charge in [0.15, 0.2) is 0 Å². The van der Waals surface area contributed by atoms with Crippen molar-refractivity contribution in [1.29, 1.82) is 0 Å². The number of piperidine rings is 1. The summed E-state index contributed by atoms with van der Waals surface area (Å²) in [4.78, 5) is 76.4. The molecular weight excluding hydrogens is 751 g/mol. The zero-order valence-electron chi connectivity index (χ0n) is 34.2. The van der Waals surface area contributed by atoms with Crippen LogP contribution in [-0.2, 0) is 19.1 Å². The molecule has 8 rings (SSSR count). The molecule has 4 amide bonds. The van der Waals surface area contributed by atoms with Gasteiger partial charge in [0, 0.05) is 17.5 Å². The van der Waals surface area contributed by atoms with E-state index in [4.69, 9.17) is 24.4 Å². The molecule has 0 saturated carbocycles. The van der Waals surface area contributed by atoms with Crippen LogP contribution in [0.15, 0.2) is 67.0 Å². The molecule has 0 aliphatic carbocycles. The first-order valence-electron chi connectivity index (χ1n) is 20.4. The fraction of sp³-hybridized carbons (Fsp3) is 0.432. The molecule has 4 N–H and O–H groups in total. The smallest absolute Gasteiger partial charge is 0.407 e. The maximum Gasteiger partial charge on any atom is 0.407 e. The molecule has 7 atom stereocenters. The number of pyridine rings is 1. The van der Waals surface area contributed by atoms with Crippen molar-refractivity contribution < 1.29 is 28.7 Å². The van der Waals surface area contributed by atoms with Crippen LogP contribution in [0, 0.1) is 11.8 Å². The Bertz CT molecular complexity index is 2370. The van der Waals surface area contributed by atoms with Gasteiger partial charge in [0.1, 0.15) is 23.7 Å². The number of imidazole rings is 2.